The van der Waals surface area contributed by atoms with Gasteiger partial charge in [0.1, 0.15) is 0 Å². The molecule has 0 saturated carbocycles. The molecule has 0 aliphatic carbocycles. The average Bonchev–Trinajstić information content (AvgIpc) is 3.28. The first-order valence-corrected chi connectivity index (χ1v) is 9.94. The molecule has 0 atom stereocenters. The van der Waals surface area contributed by atoms with Gasteiger partial charge in [0.25, 0.3) is 0 Å². The predicted octanol–water partition coefficient (Wildman–Crippen LogP) is 3.19. The molecule has 4 nitrogen and oxygen atoms in total. The van der Waals surface area contributed by atoms with Crippen LogP contribution in [0, 0.1) is 0 Å². The Hall–Kier alpha value is -1.53. The van der Waals surface area contributed by atoms with Gasteiger partial charge in [-0.05, 0) is 59.2 Å². The highest BCUT2D eigenvalue weighted by molar-refractivity contribution is 7.14. The maximum absolute atomic E-state index is 4.36. The number of piperidine rings is 1. The fourth-order valence-electron chi connectivity index (χ4n) is 2.84. The van der Waals surface area contributed by atoms with Crippen LogP contribution in [-0.4, -0.2) is 38.7 Å². The minimum Gasteiger partial charge on any atom is -0.363 e. The van der Waals surface area contributed by atoms with E-state index >= 15 is 0 Å². The quantitative estimate of drug-likeness (QED) is 0.644. The Morgan fingerprint density at radius 1 is 1.30 bits per heavy atom. The number of nitrogens with zero attached hydrogens (tertiary/aromatic N) is 2. The van der Waals surface area contributed by atoms with E-state index in [0.717, 1.165) is 44.9 Å². The van der Waals surface area contributed by atoms with Gasteiger partial charge in [0.2, 0.25) is 0 Å². The number of rotatable bonds is 5. The molecule has 124 valence electrons. The van der Waals surface area contributed by atoms with Crippen LogP contribution in [0.4, 0.5) is 5.00 Å². The number of hydrogen-bond acceptors (Lipinski definition) is 4. The number of nitrogens with one attached hydrogen (secondary N) is 2. The Morgan fingerprint density at radius 3 is 2.83 bits per heavy atom. The highest BCUT2D eigenvalue weighted by atomic mass is 32.1. The zero-order chi connectivity index (χ0) is 15.9. The SMILES string of the molecule is CN=C(NCCc1ccsc1)NC1CCN(c2cccs2)CC1. The Labute approximate surface area is 146 Å². The standard InChI is InChI=1S/C17H24N4S2/c1-18-17(19-8-4-14-7-12-22-13-14)20-15-5-9-21(10-6-15)16-3-2-11-23-16/h2-3,7,11-13,15H,4-6,8-10H2,1H3,(H2,18,19,20). The average molecular weight is 349 g/mol. The topological polar surface area (TPSA) is 39.7 Å². The molecule has 2 N–H and O–H groups in total. The van der Waals surface area contributed by atoms with Crippen LogP contribution < -0.4 is 15.5 Å². The van der Waals surface area contributed by atoms with Crippen LogP contribution in [0.2, 0.25) is 0 Å². The third-order valence-corrected chi connectivity index (χ3v) is 5.82. The molecule has 3 heterocycles. The number of hydrogen-bond donors (Lipinski definition) is 2. The van der Waals surface area contributed by atoms with Gasteiger partial charge in [0.15, 0.2) is 5.96 Å². The van der Waals surface area contributed by atoms with Crippen molar-refractivity contribution >= 4 is 33.6 Å². The lowest BCUT2D eigenvalue weighted by atomic mass is 10.1. The van der Waals surface area contributed by atoms with Crippen LogP contribution in [0.3, 0.4) is 0 Å². The van der Waals surface area contributed by atoms with Gasteiger partial charge in [-0.3, -0.25) is 4.99 Å². The fourth-order valence-corrected chi connectivity index (χ4v) is 4.33. The van der Waals surface area contributed by atoms with Crippen molar-refractivity contribution in [3.05, 3.63) is 39.9 Å². The Kier molecular flexibility index (Phi) is 5.93. The summed E-state index contributed by atoms with van der Waals surface area (Å²) in [6.45, 7) is 3.15. The van der Waals surface area contributed by atoms with Crippen LogP contribution in [0.15, 0.2) is 39.3 Å². The molecule has 1 fully saturated rings. The summed E-state index contributed by atoms with van der Waals surface area (Å²) in [6.07, 6.45) is 3.35. The Bertz CT molecular complexity index is 584. The molecule has 2 aromatic rings. The molecule has 0 unspecified atom stereocenters. The van der Waals surface area contributed by atoms with Gasteiger partial charge >= 0.3 is 0 Å². The van der Waals surface area contributed by atoms with Crippen LogP contribution >= 0.6 is 22.7 Å². The third-order valence-electron chi connectivity index (χ3n) is 4.16. The normalized spacial score (nSPS) is 16.6. The van der Waals surface area contributed by atoms with Crippen molar-refractivity contribution in [2.45, 2.75) is 25.3 Å². The number of thiophene rings is 2. The molecular weight excluding hydrogens is 324 g/mol. The molecule has 0 spiro atoms. The maximum Gasteiger partial charge on any atom is 0.191 e. The van der Waals surface area contributed by atoms with E-state index in [1.807, 2.05) is 18.4 Å². The lowest BCUT2D eigenvalue weighted by Gasteiger charge is -2.33. The fraction of sp³-hybridized carbons (Fsp3) is 0.471. The summed E-state index contributed by atoms with van der Waals surface area (Å²) in [5.41, 5.74) is 1.39. The second-order valence-corrected chi connectivity index (χ2v) is 7.44. The monoisotopic (exact) mass is 348 g/mol. The minimum absolute atomic E-state index is 0.513. The molecule has 0 aromatic carbocycles. The predicted molar refractivity (Wildman–Crippen MR) is 102 cm³/mol. The Balaban J connectivity index is 1.39. The van der Waals surface area contributed by atoms with Crippen LogP contribution in [0.25, 0.3) is 0 Å². The molecule has 0 amide bonds. The van der Waals surface area contributed by atoms with Crippen molar-refractivity contribution in [2.75, 3.05) is 31.6 Å². The highest BCUT2D eigenvalue weighted by Gasteiger charge is 2.20. The molecule has 1 aliphatic rings. The van der Waals surface area contributed by atoms with E-state index in [1.54, 1.807) is 11.3 Å². The van der Waals surface area contributed by atoms with Crippen molar-refractivity contribution in [3.63, 3.8) is 0 Å². The van der Waals surface area contributed by atoms with Crippen LogP contribution in [-0.2, 0) is 6.42 Å². The van der Waals surface area contributed by atoms with Crippen molar-refractivity contribution in [2.24, 2.45) is 4.99 Å². The van der Waals surface area contributed by atoms with Gasteiger partial charge in [0, 0.05) is 32.7 Å². The van der Waals surface area contributed by atoms with E-state index in [0.29, 0.717) is 6.04 Å². The summed E-state index contributed by atoms with van der Waals surface area (Å²) in [6, 6.07) is 7.04. The first-order valence-electron chi connectivity index (χ1n) is 8.12. The largest absolute Gasteiger partial charge is 0.363 e. The molecule has 2 aromatic heterocycles. The highest BCUT2D eigenvalue weighted by Crippen LogP contribution is 2.24. The summed E-state index contributed by atoms with van der Waals surface area (Å²) in [5, 5.41) is 14.9. The number of anilines is 1. The van der Waals surface area contributed by atoms with Crippen molar-refractivity contribution in [1.82, 2.24) is 10.6 Å². The molecule has 0 bridgehead atoms. The zero-order valence-electron chi connectivity index (χ0n) is 13.5. The van der Waals surface area contributed by atoms with E-state index in [2.05, 4.69) is 54.9 Å². The van der Waals surface area contributed by atoms with Gasteiger partial charge in [-0.2, -0.15) is 11.3 Å². The Morgan fingerprint density at radius 2 is 2.17 bits per heavy atom. The van der Waals surface area contributed by atoms with Gasteiger partial charge in [0.05, 0.1) is 5.00 Å². The summed E-state index contributed by atoms with van der Waals surface area (Å²) >= 11 is 3.58. The van der Waals surface area contributed by atoms with E-state index in [4.69, 9.17) is 0 Å². The molecule has 0 radical (unpaired) electrons. The summed E-state index contributed by atoms with van der Waals surface area (Å²) in [4.78, 5) is 6.84. The third kappa shape index (κ3) is 4.72. The van der Waals surface area contributed by atoms with Gasteiger partial charge in [-0.1, -0.05) is 0 Å². The summed E-state index contributed by atoms with van der Waals surface area (Å²) < 4.78 is 0. The molecule has 23 heavy (non-hydrogen) atoms. The van der Waals surface area contributed by atoms with Crippen LogP contribution in [0.5, 0.6) is 0 Å². The molecule has 1 saturated heterocycles. The van der Waals surface area contributed by atoms with Crippen LogP contribution in [0.1, 0.15) is 18.4 Å². The van der Waals surface area contributed by atoms with Crippen molar-refractivity contribution in [3.8, 4) is 0 Å². The lowest BCUT2D eigenvalue weighted by molar-refractivity contribution is 0.463. The lowest BCUT2D eigenvalue weighted by Crippen LogP contribution is -2.49. The van der Waals surface area contributed by atoms with E-state index < -0.39 is 0 Å². The van der Waals surface area contributed by atoms with Crippen molar-refractivity contribution in [1.29, 1.82) is 0 Å². The second-order valence-electron chi connectivity index (χ2n) is 5.74. The minimum atomic E-state index is 0.513. The first kappa shape index (κ1) is 16.3. The van der Waals surface area contributed by atoms with E-state index in [-0.39, 0.29) is 0 Å². The first-order chi connectivity index (χ1) is 11.3. The number of guanidine groups is 1. The zero-order valence-corrected chi connectivity index (χ0v) is 15.1. The van der Waals surface area contributed by atoms with Gasteiger partial charge < -0.3 is 15.5 Å². The van der Waals surface area contributed by atoms with Gasteiger partial charge in [-0.15, -0.1) is 11.3 Å². The molecule has 1 aliphatic heterocycles. The maximum atomic E-state index is 4.36. The van der Waals surface area contributed by atoms with Crippen molar-refractivity contribution < 1.29 is 0 Å². The van der Waals surface area contributed by atoms with Gasteiger partial charge in [-0.25, -0.2) is 0 Å². The second kappa shape index (κ2) is 8.36. The summed E-state index contributed by atoms with van der Waals surface area (Å²) in [7, 11) is 1.85. The smallest absolute Gasteiger partial charge is 0.191 e. The van der Waals surface area contributed by atoms with E-state index in [1.165, 1.54) is 10.6 Å². The molecule has 3 rings (SSSR count). The molecule has 6 heteroatoms. The summed E-state index contributed by atoms with van der Waals surface area (Å²) in [5.74, 6) is 0.926. The van der Waals surface area contributed by atoms with E-state index in [9.17, 15) is 0 Å². The molecular formula is C17H24N4S2. The number of aliphatic imine (C=N–C) groups is 1.